The van der Waals surface area contributed by atoms with Gasteiger partial charge in [-0.1, -0.05) is 6.42 Å². The summed E-state index contributed by atoms with van der Waals surface area (Å²) >= 11 is 1.42. The van der Waals surface area contributed by atoms with Gasteiger partial charge >= 0.3 is 0 Å². The van der Waals surface area contributed by atoms with E-state index in [1.165, 1.54) is 11.3 Å². The van der Waals surface area contributed by atoms with Crippen LogP contribution in [-0.2, 0) is 4.79 Å². The number of hydrogen-bond donors (Lipinski definition) is 0. The number of carbonyl (C=O) groups excluding carboxylic acids is 2. The van der Waals surface area contributed by atoms with E-state index in [2.05, 4.69) is 4.98 Å². The van der Waals surface area contributed by atoms with Crippen LogP contribution in [0.3, 0.4) is 0 Å². The zero-order valence-corrected chi connectivity index (χ0v) is 11.9. The molecular formula is C15H19NO2S. The normalized spacial score (nSPS) is 30.9. The fourth-order valence-electron chi connectivity index (χ4n) is 3.84. The molecule has 2 fully saturated rings. The number of thiazole rings is 1. The molecule has 1 heterocycles. The monoisotopic (exact) mass is 277 g/mol. The van der Waals surface area contributed by atoms with Gasteiger partial charge in [0.2, 0.25) is 0 Å². The number of aromatic nitrogens is 1. The average molecular weight is 277 g/mol. The fraction of sp³-hybridized carbons (Fsp3) is 0.667. The zero-order valence-electron chi connectivity index (χ0n) is 11.1. The predicted molar refractivity (Wildman–Crippen MR) is 74.3 cm³/mol. The van der Waals surface area contributed by atoms with Crippen LogP contribution in [0, 0.1) is 11.3 Å². The van der Waals surface area contributed by atoms with Crippen molar-refractivity contribution in [3.63, 3.8) is 0 Å². The minimum atomic E-state index is -0.0634. The highest BCUT2D eigenvalue weighted by atomic mass is 32.1. The second-order valence-corrected chi connectivity index (χ2v) is 6.88. The molecule has 0 saturated heterocycles. The van der Waals surface area contributed by atoms with Gasteiger partial charge in [0.25, 0.3) is 0 Å². The SMILES string of the molecule is O=C(C[C@H]1CCC[C@]2(CCCC2=O)C1)c1nccs1. The van der Waals surface area contributed by atoms with Crippen LogP contribution in [0.25, 0.3) is 0 Å². The molecule has 1 aromatic rings. The van der Waals surface area contributed by atoms with Crippen LogP contribution in [0.1, 0.15) is 61.2 Å². The Morgan fingerprint density at radius 2 is 2.26 bits per heavy atom. The van der Waals surface area contributed by atoms with Gasteiger partial charge in [0, 0.05) is 29.8 Å². The molecule has 0 aliphatic heterocycles. The molecule has 0 bridgehead atoms. The maximum Gasteiger partial charge on any atom is 0.191 e. The molecule has 0 N–H and O–H groups in total. The Labute approximate surface area is 117 Å². The van der Waals surface area contributed by atoms with Gasteiger partial charge in [-0.25, -0.2) is 4.98 Å². The molecule has 0 amide bonds. The van der Waals surface area contributed by atoms with Crippen LogP contribution in [0.2, 0.25) is 0 Å². The molecule has 2 aliphatic rings. The van der Waals surface area contributed by atoms with E-state index in [0.29, 0.717) is 23.1 Å². The van der Waals surface area contributed by atoms with E-state index in [1.807, 2.05) is 5.38 Å². The Morgan fingerprint density at radius 3 is 2.95 bits per heavy atom. The Balaban J connectivity index is 1.66. The first-order chi connectivity index (χ1) is 9.20. The van der Waals surface area contributed by atoms with Crippen molar-refractivity contribution < 1.29 is 9.59 Å². The Morgan fingerprint density at radius 1 is 1.42 bits per heavy atom. The molecule has 102 valence electrons. The van der Waals surface area contributed by atoms with Crippen molar-refractivity contribution in [2.45, 2.75) is 51.4 Å². The van der Waals surface area contributed by atoms with Gasteiger partial charge in [-0.2, -0.15) is 0 Å². The lowest BCUT2D eigenvalue weighted by atomic mass is 9.67. The average Bonchev–Trinajstić information content (AvgIpc) is 3.02. The third kappa shape index (κ3) is 2.50. The van der Waals surface area contributed by atoms with Gasteiger partial charge in [-0.3, -0.25) is 9.59 Å². The van der Waals surface area contributed by atoms with Crippen LogP contribution >= 0.6 is 11.3 Å². The third-order valence-electron chi connectivity index (χ3n) is 4.74. The maximum absolute atomic E-state index is 12.1. The van der Waals surface area contributed by atoms with E-state index < -0.39 is 0 Å². The highest BCUT2D eigenvalue weighted by Crippen LogP contribution is 2.49. The summed E-state index contributed by atoms with van der Waals surface area (Å²) in [6, 6.07) is 0. The number of nitrogens with zero attached hydrogens (tertiary/aromatic N) is 1. The van der Waals surface area contributed by atoms with Crippen LogP contribution < -0.4 is 0 Å². The first-order valence-electron chi connectivity index (χ1n) is 7.16. The number of hydrogen-bond acceptors (Lipinski definition) is 4. The number of ketones is 2. The lowest BCUT2D eigenvalue weighted by Gasteiger charge is -2.36. The first-order valence-corrected chi connectivity index (χ1v) is 8.04. The fourth-order valence-corrected chi connectivity index (χ4v) is 4.43. The van der Waals surface area contributed by atoms with E-state index in [-0.39, 0.29) is 11.2 Å². The van der Waals surface area contributed by atoms with E-state index in [1.54, 1.807) is 6.20 Å². The maximum atomic E-state index is 12.1. The summed E-state index contributed by atoms with van der Waals surface area (Å²) < 4.78 is 0. The van der Waals surface area contributed by atoms with Crippen molar-refractivity contribution in [3.8, 4) is 0 Å². The van der Waals surface area contributed by atoms with Gasteiger partial charge < -0.3 is 0 Å². The second kappa shape index (κ2) is 5.16. The van der Waals surface area contributed by atoms with Crippen LogP contribution in [0.5, 0.6) is 0 Å². The van der Waals surface area contributed by atoms with E-state index in [0.717, 1.165) is 44.9 Å². The molecule has 2 atom stereocenters. The molecular weight excluding hydrogens is 258 g/mol. The molecule has 3 nitrogen and oxygen atoms in total. The third-order valence-corrected chi connectivity index (χ3v) is 5.56. The minimum Gasteiger partial charge on any atom is -0.299 e. The van der Waals surface area contributed by atoms with Gasteiger partial charge in [-0.15, -0.1) is 11.3 Å². The Kier molecular flexibility index (Phi) is 3.52. The molecule has 1 aromatic heterocycles. The summed E-state index contributed by atoms with van der Waals surface area (Å²) in [4.78, 5) is 28.3. The zero-order chi connectivity index (χ0) is 13.3. The highest BCUT2D eigenvalue weighted by molar-refractivity contribution is 7.11. The van der Waals surface area contributed by atoms with Crippen molar-refractivity contribution in [2.75, 3.05) is 0 Å². The quantitative estimate of drug-likeness (QED) is 0.792. The molecule has 0 unspecified atom stereocenters. The summed E-state index contributed by atoms with van der Waals surface area (Å²) in [5, 5.41) is 2.47. The summed E-state index contributed by atoms with van der Waals surface area (Å²) in [7, 11) is 0. The van der Waals surface area contributed by atoms with Crippen molar-refractivity contribution in [1.82, 2.24) is 4.98 Å². The van der Waals surface area contributed by atoms with Gasteiger partial charge in [0.1, 0.15) is 5.78 Å². The van der Waals surface area contributed by atoms with Gasteiger partial charge in [0.05, 0.1) is 0 Å². The summed E-state index contributed by atoms with van der Waals surface area (Å²) in [6.07, 6.45) is 9.28. The van der Waals surface area contributed by atoms with E-state index in [9.17, 15) is 9.59 Å². The molecule has 4 heteroatoms. The van der Waals surface area contributed by atoms with E-state index >= 15 is 0 Å². The number of Topliss-reactive ketones (excluding diaryl/α,β-unsaturated/α-hetero) is 2. The van der Waals surface area contributed by atoms with Gasteiger partial charge in [0.15, 0.2) is 10.8 Å². The largest absolute Gasteiger partial charge is 0.299 e. The van der Waals surface area contributed by atoms with E-state index in [4.69, 9.17) is 0 Å². The standard InChI is InChI=1S/C15H19NO2S/c17-12(14-16-7-8-19-14)9-11-3-1-5-15(10-11)6-2-4-13(15)18/h7-8,11H,1-6,9-10H2/t11-,15+/m1/s1. The molecule has 0 radical (unpaired) electrons. The first kappa shape index (κ1) is 13.0. The molecule has 3 rings (SSSR count). The predicted octanol–water partition coefficient (Wildman–Crippen LogP) is 3.65. The van der Waals surface area contributed by atoms with Crippen LogP contribution in [0.4, 0.5) is 0 Å². The summed E-state index contributed by atoms with van der Waals surface area (Å²) in [5.41, 5.74) is -0.0634. The van der Waals surface area contributed by atoms with Crippen molar-refractivity contribution in [3.05, 3.63) is 16.6 Å². The van der Waals surface area contributed by atoms with Crippen LogP contribution in [0.15, 0.2) is 11.6 Å². The summed E-state index contributed by atoms with van der Waals surface area (Å²) in [6.45, 7) is 0. The Bertz CT molecular complexity index is 482. The second-order valence-electron chi connectivity index (χ2n) is 5.98. The van der Waals surface area contributed by atoms with Crippen molar-refractivity contribution in [1.29, 1.82) is 0 Å². The lowest BCUT2D eigenvalue weighted by Crippen LogP contribution is -2.33. The number of carbonyl (C=O) groups is 2. The molecule has 2 aliphatic carbocycles. The Hall–Kier alpha value is -1.03. The lowest BCUT2D eigenvalue weighted by molar-refractivity contribution is -0.128. The highest BCUT2D eigenvalue weighted by Gasteiger charge is 2.45. The number of rotatable bonds is 3. The van der Waals surface area contributed by atoms with Crippen LogP contribution in [-0.4, -0.2) is 16.6 Å². The minimum absolute atomic E-state index is 0.0634. The van der Waals surface area contributed by atoms with Gasteiger partial charge in [-0.05, 0) is 38.0 Å². The molecule has 2 saturated carbocycles. The smallest absolute Gasteiger partial charge is 0.191 e. The molecule has 1 spiro atoms. The topological polar surface area (TPSA) is 47.0 Å². The van der Waals surface area contributed by atoms with Crippen molar-refractivity contribution in [2.24, 2.45) is 11.3 Å². The molecule has 19 heavy (non-hydrogen) atoms. The molecule has 0 aromatic carbocycles. The van der Waals surface area contributed by atoms with Crippen molar-refractivity contribution >= 4 is 22.9 Å². The summed E-state index contributed by atoms with van der Waals surface area (Å²) in [5.74, 6) is 0.994.